The molecule has 0 spiro atoms. The van der Waals surface area contributed by atoms with Crippen molar-refractivity contribution in [2.75, 3.05) is 5.32 Å². The molecule has 1 atom stereocenters. The van der Waals surface area contributed by atoms with E-state index >= 15 is 0 Å². The van der Waals surface area contributed by atoms with Gasteiger partial charge in [-0.25, -0.2) is 9.78 Å². The zero-order chi connectivity index (χ0) is 22.1. The van der Waals surface area contributed by atoms with Crippen molar-refractivity contribution in [1.82, 2.24) is 25.1 Å². The van der Waals surface area contributed by atoms with Crippen molar-refractivity contribution in [3.63, 3.8) is 0 Å². The molecule has 4 aromatic heterocycles. The van der Waals surface area contributed by atoms with Crippen molar-refractivity contribution in [1.29, 1.82) is 0 Å². The topological polar surface area (TPSA) is 105 Å². The molecule has 4 aromatic rings. The van der Waals surface area contributed by atoms with Crippen LogP contribution in [0.25, 0.3) is 20.4 Å². The molecule has 1 aliphatic heterocycles. The quantitative estimate of drug-likeness (QED) is 0.433. The number of anilines is 1. The van der Waals surface area contributed by atoms with Crippen molar-refractivity contribution < 1.29 is 18.0 Å². The highest BCUT2D eigenvalue weighted by Crippen LogP contribution is 2.42. The van der Waals surface area contributed by atoms with E-state index in [0.29, 0.717) is 33.3 Å². The van der Waals surface area contributed by atoms with Crippen molar-refractivity contribution >= 4 is 43.5 Å². The van der Waals surface area contributed by atoms with Gasteiger partial charge in [0.05, 0.1) is 33.7 Å². The Hall–Kier alpha value is -3.41. The van der Waals surface area contributed by atoms with E-state index in [-0.39, 0.29) is 16.1 Å². The summed E-state index contributed by atoms with van der Waals surface area (Å²) in [6, 6.07) is -0.317. The number of thiophene rings is 1. The molecule has 0 unspecified atom stereocenters. The van der Waals surface area contributed by atoms with E-state index in [1.807, 2.05) is 6.92 Å². The highest BCUT2D eigenvalue weighted by atomic mass is 32.1. The van der Waals surface area contributed by atoms with Gasteiger partial charge in [-0.3, -0.25) is 9.48 Å². The SMILES string of the molecule is CCn1cc([C@H]2NC(=O)Nc3c2c(=O)[nH]c2c3sc3nc(C(F)(F)F)cc(C)c32)cn1. The van der Waals surface area contributed by atoms with Gasteiger partial charge in [-0.1, -0.05) is 0 Å². The number of alkyl halides is 3. The minimum atomic E-state index is -4.59. The number of aromatic amines is 1. The van der Waals surface area contributed by atoms with Crippen LogP contribution in [0.4, 0.5) is 23.7 Å². The van der Waals surface area contributed by atoms with Crippen LogP contribution in [-0.4, -0.2) is 25.8 Å². The minimum absolute atomic E-state index is 0.134. The Kier molecular flexibility index (Phi) is 4.13. The molecule has 5 rings (SSSR count). The second-order valence-corrected chi connectivity index (χ2v) is 8.21. The molecule has 0 aliphatic carbocycles. The number of hydrogen-bond acceptors (Lipinski definition) is 5. The van der Waals surface area contributed by atoms with Crippen LogP contribution in [0.5, 0.6) is 0 Å². The van der Waals surface area contributed by atoms with Crippen LogP contribution >= 0.6 is 11.3 Å². The zero-order valence-corrected chi connectivity index (χ0v) is 17.0. The van der Waals surface area contributed by atoms with E-state index in [1.165, 1.54) is 6.92 Å². The highest BCUT2D eigenvalue weighted by Gasteiger charge is 2.35. The number of aryl methyl sites for hydroxylation is 2. The molecule has 2 amide bonds. The monoisotopic (exact) mass is 448 g/mol. The Morgan fingerprint density at radius 3 is 2.74 bits per heavy atom. The first-order valence-corrected chi connectivity index (χ1v) is 10.2. The third-order valence-corrected chi connectivity index (χ3v) is 6.34. The number of nitrogens with zero attached hydrogens (tertiary/aromatic N) is 3. The molecule has 3 N–H and O–H groups in total. The molecule has 0 saturated heterocycles. The second kappa shape index (κ2) is 6.54. The summed E-state index contributed by atoms with van der Waals surface area (Å²) in [6.45, 7) is 4.05. The number of amides is 2. The van der Waals surface area contributed by atoms with E-state index in [4.69, 9.17) is 0 Å². The lowest BCUT2D eigenvalue weighted by Gasteiger charge is -2.26. The number of nitrogens with one attached hydrogen (secondary N) is 3. The highest BCUT2D eigenvalue weighted by molar-refractivity contribution is 7.26. The molecule has 1 aliphatic rings. The first kappa shape index (κ1) is 19.5. The number of H-pyrrole nitrogens is 1. The zero-order valence-electron chi connectivity index (χ0n) is 16.2. The number of hydrogen-bond donors (Lipinski definition) is 3. The van der Waals surface area contributed by atoms with Gasteiger partial charge in [0, 0.05) is 23.7 Å². The maximum Gasteiger partial charge on any atom is 0.433 e. The molecule has 0 saturated carbocycles. The number of carbonyl (C=O) groups excluding carboxylic acids is 1. The molecule has 0 bridgehead atoms. The normalized spacial score (nSPS) is 16.4. The molecular formula is C19H15F3N6O2S. The van der Waals surface area contributed by atoms with Gasteiger partial charge in [0.15, 0.2) is 0 Å². The third kappa shape index (κ3) is 2.97. The number of urea groups is 1. The molecule has 160 valence electrons. The van der Waals surface area contributed by atoms with E-state index in [0.717, 1.165) is 17.4 Å². The maximum atomic E-state index is 13.2. The molecule has 0 radical (unpaired) electrons. The minimum Gasteiger partial charge on any atom is -0.327 e. The molecule has 8 nitrogen and oxygen atoms in total. The van der Waals surface area contributed by atoms with Gasteiger partial charge in [-0.15, -0.1) is 11.3 Å². The summed E-state index contributed by atoms with van der Waals surface area (Å²) in [5, 5.41) is 10.0. The lowest BCUT2D eigenvalue weighted by atomic mass is 9.99. The molecular weight excluding hydrogens is 433 g/mol. The fourth-order valence-electron chi connectivity index (χ4n) is 3.84. The Bertz CT molecular complexity index is 1430. The average Bonchev–Trinajstić information content (AvgIpc) is 3.31. The van der Waals surface area contributed by atoms with Gasteiger partial charge in [0.2, 0.25) is 0 Å². The van der Waals surface area contributed by atoms with E-state index in [9.17, 15) is 22.8 Å². The van der Waals surface area contributed by atoms with E-state index in [2.05, 4.69) is 25.7 Å². The van der Waals surface area contributed by atoms with Gasteiger partial charge >= 0.3 is 12.2 Å². The van der Waals surface area contributed by atoms with E-state index < -0.39 is 29.5 Å². The number of fused-ring (bicyclic) bond motifs is 5. The number of carbonyl (C=O) groups is 1. The Labute approximate surface area is 176 Å². The van der Waals surface area contributed by atoms with Crippen LogP contribution in [0.1, 0.15) is 35.3 Å². The number of rotatable bonds is 2. The molecule has 31 heavy (non-hydrogen) atoms. The number of pyridine rings is 2. The predicted octanol–water partition coefficient (Wildman–Crippen LogP) is 3.91. The molecule has 0 aromatic carbocycles. The fraction of sp³-hybridized carbons (Fsp3) is 0.263. The Balaban J connectivity index is 1.80. The van der Waals surface area contributed by atoms with Crippen LogP contribution in [0.3, 0.4) is 0 Å². The predicted molar refractivity (Wildman–Crippen MR) is 109 cm³/mol. The van der Waals surface area contributed by atoms with Crippen LogP contribution in [0, 0.1) is 6.92 Å². The fourth-order valence-corrected chi connectivity index (χ4v) is 5.06. The number of halogens is 3. The number of aromatic nitrogens is 4. The Morgan fingerprint density at radius 2 is 2.06 bits per heavy atom. The summed E-state index contributed by atoms with van der Waals surface area (Å²) in [5.74, 6) is 0. The summed E-state index contributed by atoms with van der Waals surface area (Å²) >= 11 is 0.994. The second-order valence-electron chi connectivity index (χ2n) is 7.21. The van der Waals surface area contributed by atoms with E-state index in [1.54, 1.807) is 17.1 Å². The first-order valence-electron chi connectivity index (χ1n) is 9.34. The molecule has 0 fully saturated rings. The van der Waals surface area contributed by atoms with Crippen molar-refractivity contribution in [3.05, 3.63) is 51.2 Å². The maximum absolute atomic E-state index is 13.2. The van der Waals surface area contributed by atoms with Crippen LogP contribution in [-0.2, 0) is 12.7 Å². The summed E-state index contributed by atoms with van der Waals surface area (Å²) in [4.78, 5) is 32.1. The average molecular weight is 448 g/mol. The van der Waals surface area contributed by atoms with Crippen LogP contribution in [0.2, 0.25) is 0 Å². The van der Waals surface area contributed by atoms with Gasteiger partial charge in [0.25, 0.3) is 5.56 Å². The van der Waals surface area contributed by atoms with Gasteiger partial charge < -0.3 is 15.6 Å². The largest absolute Gasteiger partial charge is 0.433 e. The third-order valence-electron chi connectivity index (χ3n) is 5.24. The standard InChI is InChI=1S/C19H15F3N6O2S/c1-3-28-6-8(5-23-28)12-11-14(27-18(30)26-12)15-13(25-16(11)29)10-7(2)4-9(19(20,21)22)24-17(10)31-15/h4-6,12H,3H2,1-2H3,(H,25,29)(H2,26,27,30)/t12-/m1/s1. The van der Waals surface area contributed by atoms with Crippen molar-refractivity contribution in [2.45, 2.75) is 32.6 Å². The van der Waals surface area contributed by atoms with Crippen molar-refractivity contribution in [3.8, 4) is 0 Å². The first-order chi connectivity index (χ1) is 14.7. The van der Waals surface area contributed by atoms with Crippen LogP contribution in [0.15, 0.2) is 23.3 Å². The lowest BCUT2D eigenvalue weighted by Crippen LogP contribution is -2.41. The molecule has 12 heteroatoms. The van der Waals surface area contributed by atoms with Gasteiger partial charge in [-0.05, 0) is 25.5 Å². The van der Waals surface area contributed by atoms with Gasteiger partial charge in [-0.2, -0.15) is 18.3 Å². The van der Waals surface area contributed by atoms with Crippen molar-refractivity contribution in [2.24, 2.45) is 0 Å². The summed E-state index contributed by atoms with van der Waals surface area (Å²) in [7, 11) is 0. The summed E-state index contributed by atoms with van der Waals surface area (Å²) < 4.78 is 41.8. The lowest BCUT2D eigenvalue weighted by molar-refractivity contribution is -0.141. The van der Waals surface area contributed by atoms with Crippen LogP contribution < -0.4 is 16.2 Å². The summed E-state index contributed by atoms with van der Waals surface area (Å²) in [5.41, 5.74) is 0.389. The van der Waals surface area contributed by atoms with Gasteiger partial charge in [0.1, 0.15) is 10.5 Å². The smallest absolute Gasteiger partial charge is 0.327 e. The Morgan fingerprint density at radius 1 is 1.29 bits per heavy atom. The molecule has 5 heterocycles. The summed E-state index contributed by atoms with van der Waals surface area (Å²) in [6.07, 6.45) is -1.29.